The van der Waals surface area contributed by atoms with Crippen LogP contribution in [0.3, 0.4) is 0 Å². The van der Waals surface area contributed by atoms with Gasteiger partial charge < -0.3 is 15.4 Å². The average molecular weight is 361 g/mol. The number of benzene rings is 2. The van der Waals surface area contributed by atoms with Crippen molar-refractivity contribution in [1.29, 1.82) is 0 Å². The molecule has 5 heteroatoms. The van der Waals surface area contributed by atoms with E-state index in [1.54, 1.807) is 12.3 Å². The molecule has 2 aromatic carbocycles. The number of pyridine rings is 1. The summed E-state index contributed by atoms with van der Waals surface area (Å²) in [5.74, 6) is 0.606. The third-order valence-corrected chi connectivity index (χ3v) is 4.08. The number of nitrogens with one attached hydrogen (secondary N) is 2. The van der Waals surface area contributed by atoms with Gasteiger partial charge in [0.05, 0.1) is 18.5 Å². The van der Waals surface area contributed by atoms with E-state index >= 15 is 0 Å². The number of carbonyl (C=O) groups is 1. The van der Waals surface area contributed by atoms with Crippen LogP contribution in [0.15, 0.2) is 60.8 Å². The molecule has 0 atom stereocenters. The Morgan fingerprint density at radius 2 is 1.74 bits per heavy atom. The maximum absolute atomic E-state index is 12.4. The summed E-state index contributed by atoms with van der Waals surface area (Å²) >= 11 is 0. The number of hydrogen-bond donors (Lipinski definition) is 2. The van der Waals surface area contributed by atoms with Gasteiger partial charge in [-0.2, -0.15) is 0 Å². The van der Waals surface area contributed by atoms with Crippen LogP contribution in [0.5, 0.6) is 5.75 Å². The van der Waals surface area contributed by atoms with E-state index in [1.165, 1.54) is 0 Å². The van der Waals surface area contributed by atoms with Crippen LogP contribution < -0.4 is 15.4 Å². The van der Waals surface area contributed by atoms with E-state index in [0.717, 1.165) is 33.9 Å². The van der Waals surface area contributed by atoms with E-state index in [4.69, 9.17) is 4.74 Å². The Kier molecular flexibility index (Phi) is 5.71. The summed E-state index contributed by atoms with van der Waals surface area (Å²) in [7, 11) is 0. The van der Waals surface area contributed by atoms with Crippen molar-refractivity contribution in [1.82, 2.24) is 4.98 Å². The lowest BCUT2D eigenvalue weighted by molar-refractivity contribution is 0.102. The average Bonchev–Trinajstić information content (AvgIpc) is 2.66. The highest BCUT2D eigenvalue weighted by molar-refractivity contribution is 6.03. The third kappa shape index (κ3) is 4.85. The molecule has 0 aliphatic carbocycles. The molecule has 0 unspecified atom stereocenters. The Balaban J connectivity index is 1.64. The summed E-state index contributed by atoms with van der Waals surface area (Å²) in [5, 5.41) is 6.16. The Hall–Kier alpha value is -3.34. The van der Waals surface area contributed by atoms with Crippen molar-refractivity contribution in [3.63, 3.8) is 0 Å². The monoisotopic (exact) mass is 361 g/mol. The molecule has 1 aromatic heterocycles. The smallest absolute Gasteiger partial charge is 0.274 e. The molecular formula is C22H23N3O2. The number of carbonyl (C=O) groups excluding carboxylic acids is 1. The molecule has 1 amide bonds. The number of nitrogens with zero attached hydrogens (tertiary/aromatic N) is 1. The fraction of sp³-hybridized carbons (Fsp3) is 0.182. The van der Waals surface area contributed by atoms with E-state index < -0.39 is 0 Å². The summed E-state index contributed by atoms with van der Waals surface area (Å²) < 4.78 is 5.43. The molecule has 3 aromatic rings. The van der Waals surface area contributed by atoms with Gasteiger partial charge >= 0.3 is 0 Å². The van der Waals surface area contributed by atoms with Crippen molar-refractivity contribution in [2.24, 2.45) is 0 Å². The first kappa shape index (κ1) is 18.5. The topological polar surface area (TPSA) is 63.2 Å². The van der Waals surface area contributed by atoms with Crippen molar-refractivity contribution < 1.29 is 9.53 Å². The lowest BCUT2D eigenvalue weighted by Crippen LogP contribution is -2.14. The molecule has 0 fully saturated rings. The van der Waals surface area contributed by atoms with Crippen molar-refractivity contribution in [3.8, 4) is 5.75 Å². The van der Waals surface area contributed by atoms with Gasteiger partial charge in [0, 0.05) is 11.4 Å². The summed E-state index contributed by atoms with van der Waals surface area (Å²) in [6.45, 7) is 6.59. The molecule has 0 spiro atoms. The predicted molar refractivity (Wildman–Crippen MR) is 109 cm³/mol. The molecule has 0 aliphatic heterocycles. The Morgan fingerprint density at radius 1 is 1.00 bits per heavy atom. The second-order valence-electron chi connectivity index (χ2n) is 6.29. The first-order chi connectivity index (χ1) is 13.0. The zero-order valence-corrected chi connectivity index (χ0v) is 15.7. The maximum atomic E-state index is 12.4. The van der Waals surface area contributed by atoms with E-state index in [9.17, 15) is 4.79 Å². The highest BCUT2D eigenvalue weighted by Gasteiger charge is 2.09. The summed E-state index contributed by atoms with van der Waals surface area (Å²) in [5.41, 5.74) is 5.08. The van der Waals surface area contributed by atoms with Gasteiger partial charge in [0.2, 0.25) is 0 Å². The van der Waals surface area contributed by atoms with Gasteiger partial charge in [-0.15, -0.1) is 0 Å². The normalized spacial score (nSPS) is 10.3. The number of rotatable bonds is 6. The van der Waals surface area contributed by atoms with Crippen LogP contribution in [0.1, 0.15) is 28.5 Å². The second-order valence-corrected chi connectivity index (χ2v) is 6.29. The fourth-order valence-electron chi connectivity index (χ4n) is 2.71. The quantitative estimate of drug-likeness (QED) is 0.642. The van der Waals surface area contributed by atoms with Gasteiger partial charge in [0.15, 0.2) is 0 Å². The number of aryl methyl sites for hydroxylation is 2. The second kappa shape index (κ2) is 8.36. The number of aromatic nitrogens is 1. The van der Waals surface area contributed by atoms with Gasteiger partial charge in [-0.05, 0) is 68.8 Å². The van der Waals surface area contributed by atoms with Crippen molar-refractivity contribution in [2.75, 3.05) is 17.2 Å². The lowest BCUT2D eigenvalue weighted by atomic mass is 10.1. The molecule has 3 rings (SSSR count). The van der Waals surface area contributed by atoms with E-state index in [2.05, 4.69) is 15.6 Å². The number of anilines is 3. The summed E-state index contributed by atoms with van der Waals surface area (Å²) in [6, 6.07) is 17.1. The molecule has 0 bridgehead atoms. The van der Waals surface area contributed by atoms with Crippen LogP contribution in [0.4, 0.5) is 17.1 Å². The molecule has 0 radical (unpaired) electrons. The minimum Gasteiger partial charge on any atom is -0.494 e. The van der Waals surface area contributed by atoms with Crippen molar-refractivity contribution in [3.05, 3.63) is 77.6 Å². The minimum absolute atomic E-state index is 0.227. The predicted octanol–water partition coefficient (Wildman–Crippen LogP) is 5.09. The highest BCUT2D eigenvalue weighted by Crippen LogP contribution is 2.20. The molecule has 27 heavy (non-hydrogen) atoms. The van der Waals surface area contributed by atoms with Gasteiger partial charge in [-0.3, -0.25) is 4.79 Å². The fourth-order valence-corrected chi connectivity index (χ4v) is 2.71. The van der Waals surface area contributed by atoms with Crippen LogP contribution in [0.25, 0.3) is 0 Å². The van der Waals surface area contributed by atoms with Gasteiger partial charge in [-0.25, -0.2) is 4.98 Å². The Bertz CT molecular complexity index is 919. The molecule has 0 saturated heterocycles. The zero-order valence-electron chi connectivity index (χ0n) is 15.7. The van der Waals surface area contributed by atoms with Crippen LogP contribution >= 0.6 is 0 Å². The standard InChI is InChI=1S/C22H23N3O2/c1-4-27-19-9-6-17(7-10-19)24-18-8-12-21(23-14-18)22(26)25-20-11-5-15(2)13-16(20)3/h5-14,24H,4H2,1-3H3,(H,25,26). The molecule has 2 N–H and O–H groups in total. The van der Waals surface area contributed by atoms with Crippen LogP contribution in [-0.4, -0.2) is 17.5 Å². The number of hydrogen-bond acceptors (Lipinski definition) is 4. The first-order valence-corrected chi connectivity index (χ1v) is 8.89. The molecule has 0 aliphatic rings. The summed E-state index contributed by atoms with van der Waals surface area (Å²) in [4.78, 5) is 16.7. The van der Waals surface area contributed by atoms with E-state index in [0.29, 0.717) is 12.3 Å². The first-order valence-electron chi connectivity index (χ1n) is 8.89. The van der Waals surface area contributed by atoms with Crippen LogP contribution in [-0.2, 0) is 0 Å². The largest absolute Gasteiger partial charge is 0.494 e. The zero-order chi connectivity index (χ0) is 19.2. The molecule has 138 valence electrons. The molecule has 1 heterocycles. The van der Waals surface area contributed by atoms with Gasteiger partial charge in [0.25, 0.3) is 5.91 Å². The Morgan fingerprint density at radius 3 is 2.37 bits per heavy atom. The van der Waals surface area contributed by atoms with E-state index in [1.807, 2.05) is 69.3 Å². The maximum Gasteiger partial charge on any atom is 0.274 e. The number of ether oxygens (including phenoxy) is 1. The lowest BCUT2D eigenvalue weighted by Gasteiger charge is -2.10. The van der Waals surface area contributed by atoms with E-state index in [-0.39, 0.29) is 5.91 Å². The molecule has 0 saturated carbocycles. The van der Waals surface area contributed by atoms with Crippen LogP contribution in [0.2, 0.25) is 0 Å². The van der Waals surface area contributed by atoms with Crippen molar-refractivity contribution in [2.45, 2.75) is 20.8 Å². The molecule has 5 nitrogen and oxygen atoms in total. The SMILES string of the molecule is CCOc1ccc(Nc2ccc(C(=O)Nc3ccc(C)cc3C)nc2)cc1. The van der Waals surface area contributed by atoms with Crippen molar-refractivity contribution >= 4 is 23.0 Å². The van der Waals surface area contributed by atoms with Gasteiger partial charge in [0.1, 0.15) is 11.4 Å². The summed E-state index contributed by atoms with van der Waals surface area (Å²) in [6.07, 6.45) is 1.65. The molecular weight excluding hydrogens is 338 g/mol. The Labute approximate surface area is 159 Å². The third-order valence-electron chi connectivity index (χ3n) is 4.08. The number of amides is 1. The van der Waals surface area contributed by atoms with Crippen LogP contribution in [0, 0.1) is 13.8 Å². The highest BCUT2D eigenvalue weighted by atomic mass is 16.5. The van der Waals surface area contributed by atoms with Gasteiger partial charge in [-0.1, -0.05) is 17.7 Å². The minimum atomic E-state index is -0.227.